The molecule has 1 fully saturated rings. The molecule has 15 heavy (non-hydrogen) atoms. The number of hydrogen-bond acceptors (Lipinski definition) is 3. The molecule has 1 aromatic heterocycles. The molecule has 0 amide bonds. The molecular weight excluding hydrogens is 188 g/mol. The van der Waals surface area contributed by atoms with Crippen LogP contribution in [0.15, 0.2) is 18.3 Å². The normalized spacial score (nSPS) is 26.3. The number of hydrogen-bond donors (Lipinski definition) is 2. The lowest BCUT2D eigenvalue weighted by Crippen LogP contribution is -2.28. The Morgan fingerprint density at radius 1 is 1.27 bits per heavy atom. The van der Waals surface area contributed by atoms with Crippen molar-refractivity contribution in [3.63, 3.8) is 0 Å². The number of aliphatic hydroxyl groups is 1. The molecule has 1 aliphatic rings. The second-order valence-electron chi connectivity index (χ2n) is 4.34. The molecular formula is C12H18N2O. The molecule has 0 unspecified atom stereocenters. The highest BCUT2D eigenvalue weighted by Gasteiger charge is 2.18. The minimum Gasteiger partial charge on any atom is -0.393 e. The lowest BCUT2D eigenvalue weighted by molar-refractivity contribution is 0.126. The van der Waals surface area contributed by atoms with Gasteiger partial charge >= 0.3 is 0 Å². The van der Waals surface area contributed by atoms with Crippen LogP contribution < -0.4 is 5.32 Å². The van der Waals surface area contributed by atoms with Crippen molar-refractivity contribution in [3.05, 3.63) is 24.0 Å². The van der Waals surface area contributed by atoms with E-state index in [-0.39, 0.29) is 6.10 Å². The van der Waals surface area contributed by atoms with Crippen molar-refractivity contribution in [2.45, 2.75) is 44.8 Å². The summed E-state index contributed by atoms with van der Waals surface area (Å²) in [6, 6.07) is 4.57. The molecule has 0 aliphatic heterocycles. The fourth-order valence-electron chi connectivity index (χ4n) is 2.01. The van der Waals surface area contributed by atoms with E-state index in [4.69, 9.17) is 0 Å². The largest absolute Gasteiger partial charge is 0.393 e. The van der Waals surface area contributed by atoms with Gasteiger partial charge in [-0.25, -0.2) is 0 Å². The number of aliphatic hydroxyl groups excluding tert-OH is 1. The fourth-order valence-corrected chi connectivity index (χ4v) is 2.01. The van der Waals surface area contributed by atoms with E-state index in [0.717, 1.165) is 37.1 Å². The van der Waals surface area contributed by atoms with E-state index in [0.29, 0.717) is 6.04 Å². The molecule has 0 aromatic carbocycles. The summed E-state index contributed by atoms with van der Waals surface area (Å²) < 4.78 is 0. The molecule has 3 nitrogen and oxygen atoms in total. The van der Waals surface area contributed by atoms with Gasteiger partial charge in [0.1, 0.15) is 0 Å². The number of anilines is 1. The van der Waals surface area contributed by atoms with Crippen molar-refractivity contribution in [2.75, 3.05) is 5.32 Å². The standard InChI is InChI=1S/C12H18N2O/c1-9-2-3-11(8-13-9)14-10-4-6-12(15)7-5-10/h2-3,8,10,12,14-15H,4-7H2,1H3. The van der Waals surface area contributed by atoms with Crippen LogP contribution in [0.2, 0.25) is 0 Å². The van der Waals surface area contributed by atoms with Crippen LogP contribution in [-0.2, 0) is 0 Å². The van der Waals surface area contributed by atoms with E-state index >= 15 is 0 Å². The highest BCUT2D eigenvalue weighted by Crippen LogP contribution is 2.21. The second kappa shape index (κ2) is 4.62. The first-order valence-electron chi connectivity index (χ1n) is 5.61. The van der Waals surface area contributed by atoms with Gasteiger partial charge in [-0.15, -0.1) is 0 Å². The smallest absolute Gasteiger partial charge is 0.0541 e. The average molecular weight is 206 g/mol. The minimum atomic E-state index is -0.0841. The molecule has 0 spiro atoms. The first-order chi connectivity index (χ1) is 7.24. The van der Waals surface area contributed by atoms with E-state index in [1.165, 1.54) is 0 Å². The molecule has 0 radical (unpaired) electrons. The summed E-state index contributed by atoms with van der Waals surface area (Å²) in [6.07, 6.45) is 5.72. The van der Waals surface area contributed by atoms with Gasteiger partial charge in [0.2, 0.25) is 0 Å². The van der Waals surface area contributed by atoms with E-state index in [1.807, 2.05) is 19.2 Å². The van der Waals surface area contributed by atoms with Gasteiger partial charge in [-0.3, -0.25) is 4.98 Å². The van der Waals surface area contributed by atoms with Gasteiger partial charge in [-0.1, -0.05) is 0 Å². The number of nitrogens with zero attached hydrogens (tertiary/aromatic N) is 1. The van der Waals surface area contributed by atoms with E-state index < -0.39 is 0 Å². The van der Waals surface area contributed by atoms with Crippen LogP contribution in [0.4, 0.5) is 5.69 Å². The monoisotopic (exact) mass is 206 g/mol. The van der Waals surface area contributed by atoms with Crippen LogP contribution >= 0.6 is 0 Å². The van der Waals surface area contributed by atoms with E-state index in [1.54, 1.807) is 0 Å². The van der Waals surface area contributed by atoms with Gasteiger partial charge in [-0.2, -0.15) is 0 Å². The third kappa shape index (κ3) is 2.93. The molecule has 3 heteroatoms. The average Bonchev–Trinajstić information content (AvgIpc) is 2.25. The number of aromatic nitrogens is 1. The van der Waals surface area contributed by atoms with Crippen LogP contribution in [0.1, 0.15) is 31.4 Å². The zero-order chi connectivity index (χ0) is 10.7. The number of aryl methyl sites for hydroxylation is 1. The van der Waals surface area contributed by atoms with Gasteiger partial charge < -0.3 is 10.4 Å². The summed E-state index contributed by atoms with van der Waals surface area (Å²) in [6.45, 7) is 1.99. The van der Waals surface area contributed by atoms with Crippen molar-refractivity contribution in [1.29, 1.82) is 0 Å². The molecule has 82 valence electrons. The Morgan fingerprint density at radius 3 is 2.60 bits per heavy atom. The Bertz CT molecular complexity index is 302. The van der Waals surface area contributed by atoms with Gasteiger partial charge in [0.25, 0.3) is 0 Å². The number of nitrogens with one attached hydrogen (secondary N) is 1. The molecule has 0 atom stereocenters. The predicted octanol–water partition coefficient (Wildman–Crippen LogP) is 2.11. The third-order valence-electron chi connectivity index (χ3n) is 2.98. The predicted molar refractivity (Wildman–Crippen MR) is 60.9 cm³/mol. The summed E-state index contributed by atoms with van der Waals surface area (Å²) in [5.74, 6) is 0. The molecule has 0 bridgehead atoms. The molecule has 2 rings (SSSR count). The summed E-state index contributed by atoms with van der Waals surface area (Å²) in [4.78, 5) is 4.25. The maximum atomic E-state index is 9.39. The van der Waals surface area contributed by atoms with Crippen LogP contribution in [0.5, 0.6) is 0 Å². The van der Waals surface area contributed by atoms with Crippen LogP contribution in [-0.4, -0.2) is 22.2 Å². The molecule has 1 heterocycles. The van der Waals surface area contributed by atoms with Gasteiger partial charge in [0.15, 0.2) is 0 Å². The van der Waals surface area contributed by atoms with Crippen LogP contribution in [0.3, 0.4) is 0 Å². The quantitative estimate of drug-likeness (QED) is 0.779. The SMILES string of the molecule is Cc1ccc(NC2CCC(O)CC2)cn1. The zero-order valence-corrected chi connectivity index (χ0v) is 9.11. The minimum absolute atomic E-state index is 0.0841. The molecule has 1 aliphatic carbocycles. The van der Waals surface area contributed by atoms with Gasteiger partial charge in [0, 0.05) is 11.7 Å². The van der Waals surface area contributed by atoms with Gasteiger partial charge in [0.05, 0.1) is 18.0 Å². The summed E-state index contributed by atoms with van der Waals surface area (Å²) >= 11 is 0. The van der Waals surface area contributed by atoms with Crippen molar-refractivity contribution in [2.24, 2.45) is 0 Å². The van der Waals surface area contributed by atoms with Crippen LogP contribution in [0.25, 0.3) is 0 Å². The maximum absolute atomic E-state index is 9.39. The number of pyridine rings is 1. The highest BCUT2D eigenvalue weighted by atomic mass is 16.3. The summed E-state index contributed by atoms with van der Waals surface area (Å²) in [5.41, 5.74) is 2.13. The Hall–Kier alpha value is -1.09. The van der Waals surface area contributed by atoms with Crippen molar-refractivity contribution < 1.29 is 5.11 Å². The zero-order valence-electron chi connectivity index (χ0n) is 9.11. The van der Waals surface area contributed by atoms with E-state index in [2.05, 4.69) is 16.4 Å². The topological polar surface area (TPSA) is 45.1 Å². The Morgan fingerprint density at radius 2 is 2.00 bits per heavy atom. The lowest BCUT2D eigenvalue weighted by atomic mass is 9.93. The summed E-state index contributed by atoms with van der Waals surface area (Å²) in [5, 5.41) is 12.8. The lowest BCUT2D eigenvalue weighted by Gasteiger charge is -2.26. The van der Waals surface area contributed by atoms with Crippen molar-refractivity contribution in [1.82, 2.24) is 4.98 Å². The third-order valence-corrected chi connectivity index (χ3v) is 2.98. The Balaban J connectivity index is 1.89. The highest BCUT2D eigenvalue weighted by molar-refractivity contribution is 5.41. The van der Waals surface area contributed by atoms with Crippen molar-refractivity contribution >= 4 is 5.69 Å². The fraction of sp³-hybridized carbons (Fsp3) is 0.583. The van der Waals surface area contributed by atoms with E-state index in [9.17, 15) is 5.11 Å². The maximum Gasteiger partial charge on any atom is 0.0541 e. The van der Waals surface area contributed by atoms with Crippen LogP contribution in [0, 0.1) is 6.92 Å². The first kappa shape index (κ1) is 10.4. The molecule has 1 aromatic rings. The molecule has 1 saturated carbocycles. The van der Waals surface area contributed by atoms with Gasteiger partial charge in [-0.05, 0) is 44.7 Å². The molecule has 0 saturated heterocycles. The summed E-state index contributed by atoms with van der Waals surface area (Å²) in [7, 11) is 0. The second-order valence-corrected chi connectivity index (χ2v) is 4.34. The first-order valence-corrected chi connectivity index (χ1v) is 5.61. The Labute approximate surface area is 90.5 Å². The molecule has 2 N–H and O–H groups in total. The Kier molecular flexibility index (Phi) is 3.21. The number of rotatable bonds is 2. The van der Waals surface area contributed by atoms with Crippen molar-refractivity contribution in [3.8, 4) is 0 Å².